The zero-order valence-corrected chi connectivity index (χ0v) is 12.9. The third-order valence-electron chi connectivity index (χ3n) is 3.92. The van der Waals surface area contributed by atoms with E-state index < -0.39 is 6.10 Å². The Hall–Kier alpha value is -2.89. The number of phenolic OH excluding ortho intramolecular Hbond substituents is 1. The molecule has 1 unspecified atom stereocenters. The molecular weight excluding hydrogens is 312 g/mol. The first-order valence-electron chi connectivity index (χ1n) is 7.74. The van der Waals surface area contributed by atoms with E-state index in [9.17, 15) is 9.90 Å². The van der Waals surface area contributed by atoms with E-state index in [4.69, 9.17) is 18.9 Å². The molecule has 0 bridgehead atoms. The van der Waals surface area contributed by atoms with Crippen molar-refractivity contribution in [3.05, 3.63) is 42.0 Å². The number of rotatable bonds is 3. The molecule has 2 heterocycles. The summed E-state index contributed by atoms with van der Waals surface area (Å²) in [6, 6.07) is 9.81. The lowest BCUT2D eigenvalue weighted by atomic mass is 10.0. The van der Waals surface area contributed by atoms with Crippen molar-refractivity contribution in [2.24, 2.45) is 0 Å². The van der Waals surface area contributed by atoms with Crippen LogP contribution in [0.4, 0.5) is 0 Å². The molecule has 2 aliphatic heterocycles. The van der Waals surface area contributed by atoms with Gasteiger partial charge in [0.1, 0.15) is 31.7 Å². The molecule has 2 aromatic carbocycles. The Morgan fingerprint density at radius 3 is 2.58 bits per heavy atom. The molecule has 0 aromatic heterocycles. The SMILES string of the molecule is O=C(CC1COc2ccc(O)cc2O1)c1ccc2c(c1)OCCO2. The second-order valence-electron chi connectivity index (χ2n) is 5.67. The molecule has 0 radical (unpaired) electrons. The number of phenols is 1. The largest absolute Gasteiger partial charge is 0.508 e. The Morgan fingerprint density at radius 1 is 0.958 bits per heavy atom. The van der Waals surface area contributed by atoms with Crippen molar-refractivity contribution in [1.29, 1.82) is 0 Å². The van der Waals surface area contributed by atoms with Gasteiger partial charge in [-0.2, -0.15) is 0 Å². The predicted molar refractivity (Wildman–Crippen MR) is 84.4 cm³/mol. The molecule has 0 aliphatic carbocycles. The first kappa shape index (κ1) is 14.7. The molecule has 6 nitrogen and oxygen atoms in total. The van der Waals surface area contributed by atoms with Crippen molar-refractivity contribution >= 4 is 5.78 Å². The summed E-state index contributed by atoms with van der Waals surface area (Å²) in [5, 5.41) is 9.52. The van der Waals surface area contributed by atoms with Gasteiger partial charge < -0.3 is 24.1 Å². The molecule has 0 saturated heterocycles. The molecular formula is C18H16O6. The number of aromatic hydroxyl groups is 1. The molecule has 6 heteroatoms. The van der Waals surface area contributed by atoms with Gasteiger partial charge in [0.2, 0.25) is 0 Å². The molecule has 0 saturated carbocycles. The number of benzene rings is 2. The van der Waals surface area contributed by atoms with Crippen molar-refractivity contribution < 1.29 is 28.8 Å². The van der Waals surface area contributed by atoms with Gasteiger partial charge in [0.25, 0.3) is 0 Å². The number of ketones is 1. The van der Waals surface area contributed by atoms with Crippen LogP contribution in [0.1, 0.15) is 16.8 Å². The van der Waals surface area contributed by atoms with Crippen LogP contribution in [0.5, 0.6) is 28.7 Å². The van der Waals surface area contributed by atoms with Crippen LogP contribution in [-0.4, -0.2) is 36.8 Å². The lowest BCUT2D eigenvalue weighted by Crippen LogP contribution is -2.31. The summed E-state index contributed by atoms with van der Waals surface area (Å²) in [6.07, 6.45) is -0.227. The third-order valence-corrected chi connectivity index (χ3v) is 3.92. The summed E-state index contributed by atoms with van der Waals surface area (Å²) in [4.78, 5) is 12.5. The second kappa shape index (κ2) is 5.96. The maximum atomic E-state index is 12.5. The van der Waals surface area contributed by atoms with E-state index in [0.29, 0.717) is 41.8 Å². The van der Waals surface area contributed by atoms with Gasteiger partial charge in [-0.15, -0.1) is 0 Å². The fourth-order valence-electron chi connectivity index (χ4n) is 2.75. The maximum Gasteiger partial charge on any atom is 0.166 e. The van der Waals surface area contributed by atoms with Crippen LogP contribution < -0.4 is 18.9 Å². The van der Waals surface area contributed by atoms with E-state index in [2.05, 4.69) is 0 Å². The molecule has 0 spiro atoms. The van der Waals surface area contributed by atoms with E-state index >= 15 is 0 Å². The average molecular weight is 328 g/mol. The monoisotopic (exact) mass is 328 g/mol. The first-order chi connectivity index (χ1) is 11.7. The minimum atomic E-state index is -0.403. The van der Waals surface area contributed by atoms with Crippen LogP contribution in [-0.2, 0) is 0 Å². The number of carbonyl (C=O) groups is 1. The summed E-state index contributed by atoms with van der Waals surface area (Å²) < 4.78 is 22.3. The van der Waals surface area contributed by atoms with E-state index in [1.165, 1.54) is 12.1 Å². The Bertz CT molecular complexity index is 785. The Morgan fingerprint density at radius 2 is 1.71 bits per heavy atom. The first-order valence-corrected chi connectivity index (χ1v) is 7.74. The fraction of sp³-hybridized carbons (Fsp3) is 0.278. The highest BCUT2D eigenvalue weighted by Gasteiger charge is 2.25. The van der Waals surface area contributed by atoms with Crippen molar-refractivity contribution in [1.82, 2.24) is 0 Å². The number of carbonyl (C=O) groups excluding carboxylic acids is 1. The van der Waals surface area contributed by atoms with Crippen LogP contribution in [0.2, 0.25) is 0 Å². The summed E-state index contributed by atoms with van der Waals surface area (Å²) >= 11 is 0. The molecule has 2 aliphatic rings. The highest BCUT2D eigenvalue weighted by molar-refractivity contribution is 5.97. The van der Waals surface area contributed by atoms with Gasteiger partial charge in [-0.25, -0.2) is 0 Å². The van der Waals surface area contributed by atoms with Gasteiger partial charge in [0, 0.05) is 11.6 Å². The van der Waals surface area contributed by atoms with Gasteiger partial charge in [-0.1, -0.05) is 0 Å². The zero-order valence-electron chi connectivity index (χ0n) is 12.9. The van der Waals surface area contributed by atoms with Crippen molar-refractivity contribution in [3.63, 3.8) is 0 Å². The minimum absolute atomic E-state index is 0.0656. The van der Waals surface area contributed by atoms with Gasteiger partial charge in [-0.3, -0.25) is 4.79 Å². The number of fused-ring (bicyclic) bond motifs is 2. The second-order valence-corrected chi connectivity index (χ2v) is 5.67. The van der Waals surface area contributed by atoms with E-state index in [1.807, 2.05) is 0 Å². The topological polar surface area (TPSA) is 74.2 Å². The molecule has 1 N–H and O–H groups in total. The van der Waals surface area contributed by atoms with Crippen molar-refractivity contribution in [2.45, 2.75) is 12.5 Å². The van der Waals surface area contributed by atoms with Crippen molar-refractivity contribution in [3.8, 4) is 28.7 Å². The Balaban J connectivity index is 1.47. The smallest absolute Gasteiger partial charge is 0.166 e. The number of ether oxygens (including phenoxy) is 4. The van der Waals surface area contributed by atoms with Gasteiger partial charge in [-0.05, 0) is 30.3 Å². The van der Waals surface area contributed by atoms with E-state index in [1.54, 1.807) is 24.3 Å². The highest BCUT2D eigenvalue weighted by atomic mass is 16.6. The summed E-state index contributed by atoms with van der Waals surface area (Å²) in [6.45, 7) is 1.28. The predicted octanol–water partition coefficient (Wildman–Crippen LogP) is 2.58. The zero-order chi connectivity index (χ0) is 16.5. The Kier molecular flexibility index (Phi) is 3.65. The maximum absolute atomic E-state index is 12.5. The van der Waals surface area contributed by atoms with E-state index in [0.717, 1.165) is 0 Å². The number of Topliss-reactive ketones (excluding diaryl/α,β-unsaturated/α-hetero) is 1. The fourth-order valence-corrected chi connectivity index (χ4v) is 2.75. The molecule has 2 aromatic rings. The summed E-state index contributed by atoms with van der Waals surface area (Å²) in [5.74, 6) is 2.28. The third kappa shape index (κ3) is 2.82. The average Bonchev–Trinajstić information content (AvgIpc) is 2.61. The number of hydrogen-bond acceptors (Lipinski definition) is 6. The van der Waals surface area contributed by atoms with Gasteiger partial charge >= 0.3 is 0 Å². The van der Waals surface area contributed by atoms with Gasteiger partial charge in [0.15, 0.2) is 28.8 Å². The van der Waals surface area contributed by atoms with E-state index in [-0.39, 0.29) is 24.6 Å². The van der Waals surface area contributed by atoms with Crippen LogP contribution in [0.25, 0.3) is 0 Å². The lowest BCUT2D eigenvalue weighted by Gasteiger charge is -2.26. The summed E-state index contributed by atoms with van der Waals surface area (Å²) in [7, 11) is 0. The van der Waals surface area contributed by atoms with Crippen LogP contribution in [0, 0.1) is 0 Å². The molecule has 4 rings (SSSR count). The van der Waals surface area contributed by atoms with Crippen LogP contribution in [0.15, 0.2) is 36.4 Å². The summed E-state index contributed by atoms with van der Waals surface area (Å²) in [5.41, 5.74) is 0.546. The minimum Gasteiger partial charge on any atom is -0.508 e. The van der Waals surface area contributed by atoms with Gasteiger partial charge in [0.05, 0.1) is 6.42 Å². The normalized spacial score (nSPS) is 18.1. The highest BCUT2D eigenvalue weighted by Crippen LogP contribution is 2.36. The molecule has 0 fully saturated rings. The molecule has 1 atom stereocenters. The lowest BCUT2D eigenvalue weighted by molar-refractivity contribution is 0.0692. The Labute approximate surface area is 138 Å². The van der Waals surface area contributed by atoms with Crippen LogP contribution >= 0.6 is 0 Å². The van der Waals surface area contributed by atoms with Crippen molar-refractivity contribution in [2.75, 3.05) is 19.8 Å². The standard InChI is InChI=1S/C18H16O6/c19-12-2-4-16-18(8-12)24-13(10-23-16)9-14(20)11-1-3-15-17(7-11)22-6-5-21-15/h1-4,7-8,13,19H,5-6,9-10H2. The van der Waals surface area contributed by atoms with Crippen LogP contribution in [0.3, 0.4) is 0 Å². The molecule has 0 amide bonds. The molecule has 124 valence electrons. The number of hydrogen-bond donors (Lipinski definition) is 1. The quantitative estimate of drug-likeness (QED) is 0.873. The molecule has 24 heavy (non-hydrogen) atoms.